The third kappa shape index (κ3) is 3.88. The molecule has 0 heterocycles. The summed E-state index contributed by atoms with van der Waals surface area (Å²) in [6.45, 7) is 9.03. The summed E-state index contributed by atoms with van der Waals surface area (Å²) in [5.74, 6) is 1.11. The molecule has 0 aromatic heterocycles. The predicted octanol–water partition coefficient (Wildman–Crippen LogP) is 5.27. The number of carbonyl (C=O) groups is 1. The summed E-state index contributed by atoms with van der Waals surface area (Å²) in [5.41, 5.74) is 4.37. The molecule has 1 saturated carbocycles. The van der Waals surface area contributed by atoms with Crippen LogP contribution in [0, 0.1) is 27.9 Å². The maximum Gasteiger partial charge on any atom is 0.317 e. The number of allylic oxidation sites excluding steroid dienone is 4. The number of carbonyl (C=O) groups excluding carboxylic acids is 1. The first kappa shape index (κ1) is 22.3. The van der Waals surface area contributed by atoms with E-state index in [1.54, 1.807) is 23.3 Å². The minimum atomic E-state index is -0.985. The Morgan fingerprint density at radius 2 is 1.87 bits per heavy atom. The summed E-state index contributed by atoms with van der Waals surface area (Å²) in [4.78, 5) is 13.4. The van der Waals surface area contributed by atoms with Gasteiger partial charge < -0.3 is 9.94 Å². The van der Waals surface area contributed by atoms with Gasteiger partial charge in [0.2, 0.25) is 0 Å². The van der Waals surface area contributed by atoms with E-state index in [2.05, 4.69) is 33.8 Å². The Hall–Kier alpha value is -1.95. The molecule has 0 saturated heterocycles. The van der Waals surface area contributed by atoms with Gasteiger partial charge >= 0.3 is 5.97 Å². The fourth-order valence-electron chi connectivity index (χ4n) is 6.45. The molecule has 0 spiro atoms. The lowest BCUT2D eigenvalue weighted by Gasteiger charge is -2.55. The van der Waals surface area contributed by atoms with E-state index in [1.165, 1.54) is 17.7 Å². The Morgan fingerprint density at radius 1 is 1.16 bits per heavy atom. The number of nitrogens with one attached hydrogen (secondary N) is 1. The highest BCUT2D eigenvalue weighted by molar-refractivity contribution is 5.80. The summed E-state index contributed by atoms with van der Waals surface area (Å²) in [6, 6.07) is 6.12. The smallest absolute Gasteiger partial charge is 0.317 e. The van der Waals surface area contributed by atoms with Crippen molar-refractivity contribution in [3.05, 3.63) is 52.3 Å². The molecule has 4 atom stereocenters. The van der Waals surface area contributed by atoms with E-state index in [0.717, 1.165) is 44.9 Å². The Kier molecular flexibility index (Phi) is 5.88. The quantitative estimate of drug-likeness (QED) is 0.391. The van der Waals surface area contributed by atoms with Crippen LogP contribution in [0.4, 0.5) is 5.69 Å². The van der Waals surface area contributed by atoms with Gasteiger partial charge in [-0.25, -0.2) is 5.21 Å². The third-order valence-electron chi connectivity index (χ3n) is 8.25. The summed E-state index contributed by atoms with van der Waals surface area (Å²) < 4.78 is 5.81. The molecule has 2 N–H and O–H groups in total. The second-order valence-corrected chi connectivity index (χ2v) is 10.4. The van der Waals surface area contributed by atoms with Crippen LogP contribution in [0.15, 0.2) is 47.1 Å². The van der Waals surface area contributed by atoms with Crippen LogP contribution >= 0.6 is 0 Å². The molecule has 1 fully saturated rings. The molecule has 0 aliphatic heterocycles. The zero-order valence-electron chi connectivity index (χ0n) is 19.2. The van der Waals surface area contributed by atoms with Crippen LogP contribution in [-0.2, 0) is 4.79 Å². The zero-order valence-corrected chi connectivity index (χ0v) is 19.2. The molecular weight excluding hydrogens is 390 g/mol. The van der Waals surface area contributed by atoms with Gasteiger partial charge in [0.25, 0.3) is 0 Å². The summed E-state index contributed by atoms with van der Waals surface area (Å²) in [5, 5.41) is 19.2. The Morgan fingerprint density at radius 3 is 2.52 bits per heavy atom. The molecule has 1 aromatic rings. The van der Waals surface area contributed by atoms with Crippen LogP contribution in [0.25, 0.3) is 0 Å². The molecule has 4 unspecified atom stereocenters. The van der Waals surface area contributed by atoms with Crippen LogP contribution < -0.4 is 9.96 Å². The lowest BCUT2D eigenvalue weighted by atomic mass is 9.48. The first-order valence-electron chi connectivity index (χ1n) is 11.6. The molecule has 3 aliphatic carbocycles. The highest BCUT2D eigenvalue weighted by atomic mass is 16.8. The van der Waals surface area contributed by atoms with E-state index in [0.29, 0.717) is 11.7 Å². The average Bonchev–Trinajstić information content (AvgIpc) is 2.73. The van der Waals surface area contributed by atoms with E-state index < -0.39 is 10.6 Å². The van der Waals surface area contributed by atoms with Crippen molar-refractivity contribution in [3.8, 4) is 5.75 Å². The van der Waals surface area contributed by atoms with Crippen molar-refractivity contribution in [2.24, 2.45) is 22.7 Å². The molecule has 4 rings (SSSR count). The fraction of sp³-hybridized carbons (Fsp3) is 0.577. The largest absolute Gasteiger partial charge is 0.595 e. The number of esters is 1. The number of ether oxygens (including phenoxy) is 1. The average molecular weight is 426 g/mol. The molecule has 0 radical (unpaired) electrons. The zero-order chi connectivity index (χ0) is 22.4. The van der Waals surface area contributed by atoms with Crippen molar-refractivity contribution in [1.29, 1.82) is 0 Å². The van der Waals surface area contributed by atoms with Crippen LogP contribution in [-0.4, -0.2) is 11.2 Å². The predicted molar refractivity (Wildman–Crippen MR) is 120 cm³/mol. The minimum absolute atomic E-state index is 0.0474. The maximum atomic E-state index is 13.4. The van der Waals surface area contributed by atoms with Gasteiger partial charge in [0.15, 0.2) is 5.69 Å². The number of quaternary nitrogens is 1. The second-order valence-electron chi connectivity index (χ2n) is 10.4. The van der Waals surface area contributed by atoms with Crippen molar-refractivity contribution >= 4 is 11.7 Å². The summed E-state index contributed by atoms with van der Waals surface area (Å²) in [6.07, 6.45) is 9.77. The topological polar surface area (TPSA) is 74.0 Å². The first-order valence-corrected chi connectivity index (χ1v) is 11.6. The lowest BCUT2D eigenvalue weighted by Crippen LogP contribution is -2.99. The van der Waals surface area contributed by atoms with E-state index in [4.69, 9.17) is 9.94 Å². The van der Waals surface area contributed by atoms with Crippen LogP contribution in [0.2, 0.25) is 0 Å². The molecule has 31 heavy (non-hydrogen) atoms. The van der Waals surface area contributed by atoms with Gasteiger partial charge in [-0.3, -0.25) is 4.79 Å². The molecule has 0 amide bonds. The van der Waals surface area contributed by atoms with Crippen molar-refractivity contribution in [1.82, 2.24) is 0 Å². The molecule has 3 aliphatic rings. The van der Waals surface area contributed by atoms with Crippen LogP contribution in [0.3, 0.4) is 0 Å². The molecule has 168 valence electrons. The van der Waals surface area contributed by atoms with E-state index in [9.17, 15) is 10.0 Å². The molecule has 5 nitrogen and oxygen atoms in total. The molecule has 5 heteroatoms. The number of hydrogen-bond donors (Lipinski definition) is 2. The first-order chi connectivity index (χ1) is 14.6. The normalized spacial score (nSPS) is 31.6. The number of rotatable bonds is 4. The second kappa shape index (κ2) is 8.19. The van der Waals surface area contributed by atoms with Gasteiger partial charge in [0, 0.05) is 12.1 Å². The van der Waals surface area contributed by atoms with Gasteiger partial charge in [-0.05, 0) is 80.4 Å². The number of hydrogen-bond acceptors (Lipinski definition) is 4. The van der Waals surface area contributed by atoms with Gasteiger partial charge in [-0.15, -0.1) is 0 Å². The molecule has 0 bridgehead atoms. The summed E-state index contributed by atoms with van der Waals surface area (Å²) >= 11 is 0. The van der Waals surface area contributed by atoms with E-state index >= 15 is 0 Å². The molecular formula is C26H35NO4. The Balaban J connectivity index is 1.59. The van der Waals surface area contributed by atoms with E-state index in [1.807, 2.05) is 0 Å². The fourth-order valence-corrected chi connectivity index (χ4v) is 6.45. The number of fused-ring (bicyclic) bond motifs is 2. The van der Waals surface area contributed by atoms with Crippen molar-refractivity contribution in [2.45, 2.75) is 72.6 Å². The summed E-state index contributed by atoms with van der Waals surface area (Å²) in [7, 11) is 0. The highest BCUT2D eigenvalue weighted by Crippen LogP contribution is 2.61. The van der Waals surface area contributed by atoms with Crippen molar-refractivity contribution < 1.29 is 20.0 Å². The Bertz CT molecular complexity index is 914. The van der Waals surface area contributed by atoms with Crippen molar-refractivity contribution in [3.63, 3.8) is 0 Å². The van der Waals surface area contributed by atoms with Crippen LogP contribution in [0.1, 0.15) is 72.6 Å². The van der Waals surface area contributed by atoms with Gasteiger partial charge in [0.05, 0.1) is 5.41 Å². The SMILES string of the molecule is CC(C)C1=CC2=C(CC1)C1(C)CCCC(C)(C(=O)Oc3ccc([NH+]([O-])O)cc3)C1CC2. The third-order valence-corrected chi connectivity index (χ3v) is 8.25. The number of benzene rings is 1. The molecule has 1 aromatic carbocycles. The minimum Gasteiger partial charge on any atom is -0.595 e. The van der Waals surface area contributed by atoms with Gasteiger partial charge in [-0.1, -0.05) is 44.4 Å². The monoisotopic (exact) mass is 425 g/mol. The highest BCUT2D eigenvalue weighted by Gasteiger charge is 2.56. The van der Waals surface area contributed by atoms with E-state index in [-0.39, 0.29) is 23.0 Å². The van der Waals surface area contributed by atoms with Crippen molar-refractivity contribution in [2.75, 3.05) is 0 Å². The van der Waals surface area contributed by atoms with Gasteiger partial charge in [0.1, 0.15) is 5.75 Å². The Labute approximate surface area is 185 Å². The van der Waals surface area contributed by atoms with Crippen LogP contribution in [0.5, 0.6) is 5.75 Å². The lowest BCUT2D eigenvalue weighted by molar-refractivity contribution is -0.991. The standard InChI is InChI=1S/C26H35NO4/c1-17(2)18-6-12-22-19(16-18)7-13-23-25(22,3)14-5-15-26(23,4)24(28)31-21-10-8-20(9-11-21)27(29)30/h8-11,16-17,23,27,29H,5-7,12-15H2,1-4H3. The maximum absolute atomic E-state index is 13.4. The van der Waals surface area contributed by atoms with Gasteiger partial charge in [-0.2, -0.15) is 5.23 Å².